The Morgan fingerprint density at radius 3 is 2.76 bits per heavy atom. The van der Waals surface area contributed by atoms with Crippen molar-refractivity contribution in [3.63, 3.8) is 0 Å². The Morgan fingerprint density at radius 2 is 2.05 bits per heavy atom. The summed E-state index contributed by atoms with van der Waals surface area (Å²) in [4.78, 5) is 0. The molecule has 0 spiro atoms. The molecule has 5 heteroatoms. The van der Waals surface area contributed by atoms with E-state index in [1.54, 1.807) is 0 Å². The number of aromatic nitrogens is 2. The van der Waals surface area contributed by atoms with Crippen LogP contribution in [0.25, 0.3) is 0 Å². The Labute approximate surface area is 131 Å². The third-order valence-electron chi connectivity index (χ3n) is 3.61. The Morgan fingerprint density at radius 1 is 1.24 bits per heavy atom. The number of anilines is 1. The van der Waals surface area contributed by atoms with E-state index in [-0.39, 0.29) is 0 Å². The molecule has 2 aromatic rings. The first-order valence-corrected chi connectivity index (χ1v) is 7.58. The van der Waals surface area contributed by atoms with Crippen LogP contribution < -0.4 is 10.6 Å². The maximum Gasteiger partial charge on any atom is 0.170 e. The first-order chi connectivity index (χ1) is 10.1. The van der Waals surface area contributed by atoms with Crippen LogP contribution >= 0.6 is 12.2 Å². The van der Waals surface area contributed by atoms with E-state index in [1.807, 2.05) is 29.1 Å². The summed E-state index contributed by atoms with van der Waals surface area (Å²) < 4.78 is 2.00. The fourth-order valence-corrected chi connectivity index (χ4v) is 2.33. The number of aryl methyl sites for hydroxylation is 3. The van der Waals surface area contributed by atoms with E-state index in [0.717, 1.165) is 25.2 Å². The molecule has 2 rings (SSSR count). The van der Waals surface area contributed by atoms with Crippen LogP contribution in [0.5, 0.6) is 0 Å². The van der Waals surface area contributed by atoms with Gasteiger partial charge in [-0.2, -0.15) is 5.10 Å². The minimum absolute atomic E-state index is 0.667. The van der Waals surface area contributed by atoms with Crippen molar-refractivity contribution < 1.29 is 0 Å². The summed E-state index contributed by atoms with van der Waals surface area (Å²) in [6, 6.07) is 8.20. The number of hydrogen-bond donors (Lipinski definition) is 2. The predicted octanol–water partition coefficient (Wildman–Crippen LogP) is 3.19. The van der Waals surface area contributed by atoms with Crippen LogP contribution in [0.1, 0.15) is 23.2 Å². The van der Waals surface area contributed by atoms with Crippen molar-refractivity contribution in [3.05, 3.63) is 47.3 Å². The van der Waals surface area contributed by atoms with Gasteiger partial charge in [-0.3, -0.25) is 4.68 Å². The third-order valence-corrected chi connectivity index (χ3v) is 3.86. The maximum atomic E-state index is 5.33. The molecule has 0 amide bonds. The van der Waals surface area contributed by atoms with Crippen molar-refractivity contribution in [2.24, 2.45) is 0 Å². The lowest BCUT2D eigenvalue weighted by Gasteiger charge is -2.14. The summed E-state index contributed by atoms with van der Waals surface area (Å²) >= 11 is 5.33. The Hall–Kier alpha value is -1.88. The zero-order valence-corrected chi connectivity index (χ0v) is 13.6. The highest BCUT2D eigenvalue weighted by Gasteiger charge is 2.03. The van der Waals surface area contributed by atoms with E-state index in [1.165, 1.54) is 16.8 Å². The van der Waals surface area contributed by atoms with Crippen molar-refractivity contribution in [2.75, 3.05) is 11.9 Å². The van der Waals surface area contributed by atoms with Gasteiger partial charge in [-0.05, 0) is 62.7 Å². The van der Waals surface area contributed by atoms with Crippen molar-refractivity contribution in [3.8, 4) is 0 Å². The smallest absolute Gasteiger partial charge is 0.170 e. The summed E-state index contributed by atoms with van der Waals surface area (Å²) in [5.74, 6) is 0. The van der Waals surface area contributed by atoms with Crippen molar-refractivity contribution in [1.82, 2.24) is 15.1 Å². The van der Waals surface area contributed by atoms with Gasteiger partial charge in [0.2, 0.25) is 0 Å². The van der Waals surface area contributed by atoms with E-state index >= 15 is 0 Å². The molecule has 0 unspecified atom stereocenters. The van der Waals surface area contributed by atoms with Crippen molar-refractivity contribution >= 4 is 23.0 Å². The van der Waals surface area contributed by atoms with Gasteiger partial charge in [0, 0.05) is 30.7 Å². The number of rotatable bonds is 5. The summed E-state index contributed by atoms with van der Waals surface area (Å²) in [6.07, 6.45) is 2.81. The molecular weight excluding hydrogens is 280 g/mol. The molecule has 1 aromatic carbocycles. The standard InChI is InChI=1S/C16H22N4S/c1-12-6-4-7-15(14(12)3)19-16(21)17-9-5-11-20-13(2)8-10-18-20/h4,6-8,10H,5,9,11H2,1-3H3,(H2,17,19,21). The molecule has 0 aliphatic heterocycles. The normalized spacial score (nSPS) is 10.4. The van der Waals surface area contributed by atoms with Gasteiger partial charge < -0.3 is 10.6 Å². The van der Waals surface area contributed by atoms with Crippen LogP contribution in [0.15, 0.2) is 30.5 Å². The first-order valence-electron chi connectivity index (χ1n) is 7.17. The molecule has 112 valence electrons. The van der Waals surface area contributed by atoms with E-state index < -0.39 is 0 Å². The Balaban J connectivity index is 1.75. The van der Waals surface area contributed by atoms with E-state index in [4.69, 9.17) is 12.2 Å². The zero-order valence-electron chi connectivity index (χ0n) is 12.8. The molecule has 2 N–H and O–H groups in total. The molecule has 0 atom stereocenters. The SMILES string of the molecule is Cc1cccc(NC(=S)NCCCn2nccc2C)c1C. The molecule has 0 saturated heterocycles. The average molecular weight is 302 g/mol. The van der Waals surface area contributed by atoms with Gasteiger partial charge in [-0.15, -0.1) is 0 Å². The molecule has 0 fully saturated rings. The largest absolute Gasteiger partial charge is 0.362 e. The van der Waals surface area contributed by atoms with Gasteiger partial charge in [0.25, 0.3) is 0 Å². The summed E-state index contributed by atoms with van der Waals surface area (Å²) in [5, 5.41) is 11.4. The quantitative estimate of drug-likeness (QED) is 0.657. The fraction of sp³-hybridized carbons (Fsp3) is 0.375. The lowest BCUT2D eigenvalue weighted by atomic mass is 10.1. The highest BCUT2D eigenvalue weighted by molar-refractivity contribution is 7.80. The van der Waals surface area contributed by atoms with Crippen LogP contribution in [0.3, 0.4) is 0 Å². The van der Waals surface area contributed by atoms with Gasteiger partial charge in [-0.1, -0.05) is 12.1 Å². The summed E-state index contributed by atoms with van der Waals surface area (Å²) in [7, 11) is 0. The second-order valence-corrected chi connectivity index (χ2v) is 5.59. The molecule has 0 aliphatic carbocycles. The lowest BCUT2D eigenvalue weighted by Crippen LogP contribution is -2.30. The summed E-state index contributed by atoms with van der Waals surface area (Å²) in [5.41, 5.74) is 4.74. The molecular formula is C16H22N4S. The van der Waals surface area contributed by atoms with E-state index in [9.17, 15) is 0 Å². The minimum atomic E-state index is 0.667. The van der Waals surface area contributed by atoms with Gasteiger partial charge in [0.15, 0.2) is 5.11 Å². The number of nitrogens with zero attached hydrogens (tertiary/aromatic N) is 2. The molecule has 0 aliphatic rings. The average Bonchev–Trinajstić information content (AvgIpc) is 2.86. The van der Waals surface area contributed by atoms with Gasteiger partial charge >= 0.3 is 0 Å². The van der Waals surface area contributed by atoms with E-state index in [2.05, 4.69) is 42.6 Å². The highest BCUT2D eigenvalue weighted by Crippen LogP contribution is 2.17. The van der Waals surface area contributed by atoms with Crippen molar-refractivity contribution in [1.29, 1.82) is 0 Å². The zero-order chi connectivity index (χ0) is 15.2. The molecule has 4 nitrogen and oxygen atoms in total. The molecule has 0 bridgehead atoms. The molecule has 1 heterocycles. The van der Waals surface area contributed by atoms with Crippen LogP contribution in [-0.4, -0.2) is 21.4 Å². The van der Waals surface area contributed by atoms with E-state index in [0.29, 0.717) is 5.11 Å². The number of nitrogens with one attached hydrogen (secondary N) is 2. The number of benzene rings is 1. The lowest BCUT2D eigenvalue weighted by molar-refractivity contribution is 0.561. The van der Waals surface area contributed by atoms with Crippen LogP contribution in [-0.2, 0) is 6.54 Å². The summed E-state index contributed by atoms with van der Waals surface area (Å²) in [6.45, 7) is 7.99. The number of thiocarbonyl (C=S) groups is 1. The monoisotopic (exact) mass is 302 g/mol. The first kappa shape index (κ1) is 15.5. The molecule has 0 saturated carbocycles. The topological polar surface area (TPSA) is 41.9 Å². The van der Waals surface area contributed by atoms with Crippen LogP contribution in [0.2, 0.25) is 0 Å². The Kier molecular flexibility index (Phi) is 5.33. The Bertz CT molecular complexity index is 618. The molecule has 0 radical (unpaired) electrons. The maximum absolute atomic E-state index is 5.33. The molecule has 21 heavy (non-hydrogen) atoms. The van der Waals surface area contributed by atoms with Gasteiger partial charge in [0.1, 0.15) is 0 Å². The molecule has 1 aromatic heterocycles. The van der Waals surface area contributed by atoms with Gasteiger partial charge in [0.05, 0.1) is 0 Å². The fourth-order valence-electron chi connectivity index (χ4n) is 2.12. The second kappa shape index (κ2) is 7.22. The van der Waals surface area contributed by atoms with Crippen LogP contribution in [0.4, 0.5) is 5.69 Å². The predicted molar refractivity (Wildman–Crippen MR) is 91.7 cm³/mol. The minimum Gasteiger partial charge on any atom is -0.362 e. The number of hydrogen-bond acceptors (Lipinski definition) is 2. The second-order valence-electron chi connectivity index (χ2n) is 5.18. The highest BCUT2D eigenvalue weighted by atomic mass is 32.1. The van der Waals surface area contributed by atoms with Crippen molar-refractivity contribution in [2.45, 2.75) is 33.7 Å². The van der Waals surface area contributed by atoms with Gasteiger partial charge in [-0.25, -0.2) is 0 Å². The van der Waals surface area contributed by atoms with Crippen LogP contribution in [0, 0.1) is 20.8 Å². The third kappa shape index (κ3) is 4.29.